The average molecular weight is 284 g/mol. The largest absolute Gasteiger partial charge is 0.320 e. The number of nitrogens with two attached hydrogens (primary N) is 1. The maximum absolute atomic E-state index is 12.7. The molecule has 3 nitrogen and oxygen atoms in total. The normalized spacial score (nSPS) is 12.6. The summed E-state index contributed by atoms with van der Waals surface area (Å²) in [6, 6.07) is 13.2. The van der Waals surface area contributed by atoms with Crippen LogP contribution in [0.5, 0.6) is 0 Å². The second-order valence-corrected chi connectivity index (χ2v) is 5.96. The Hall–Kier alpha value is -1.87. The van der Waals surface area contributed by atoms with Crippen molar-refractivity contribution in [1.82, 2.24) is 4.57 Å². The van der Waals surface area contributed by atoms with Gasteiger partial charge < -0.3 is 10.3 Å². The molecule has 0 saturated carbocycles. The molecule has 1 atom stereocenters. The third kappa shape index (κ3) is 3.61. The zero-order chi connectivity index (χ0) is 15.4. The predicted molar refractivity (Wildman–Crippen MR) is 87.4 cm³/mol. The number of aryl methyl sites for hydroxylation is 1. The molecule has 1 unspecified atom stereocenters. The Morgan fingerprint density at radius 3 is 2.38 bits per heavy atom. The van der Waals surface area contributed by atoms with Gasteiger partial charge in [-0.2, -0.15) is 0 Å². The lowest BCUT2D eigenvalue weighted by atomic mass is 10.0. The predicted octanol–water partition coefficient (Wildman–Crippen LogP) is 3.25. The van der Waals surface area contributed by atoms with Gasteiger partial charge in [-0.3, -0.25) is 4.79 Å². The Morgan fingerprint density at radius 2 is 1.76 bits per heavy atom. The maximum atomic E-state index is 12.7. The molecule has 2 rings (SSSR count). The molecular weight excluding hydrogens is 260 g/mol. The molecule has 1 aromatic carbocycles. The molecule has 2 aromatic rings. The first-order valence-corrected chi connectivity index (χ1v) is 7.51. The third-order valence-corrected chi connectivity index (χ3v) is 3.85. The third-order valence-electron chi connectivity index (χ3n) is 3.85. The summed E-state index contributed by atoms with van der Waals surface area (Å²) < 4.78 is 1.85. The second-order valence-electron chi connectivity index (χ2n) is 5.96. The van der Waals surface area contributed by atoms with Crippen molar-refractivity contribution in [2.24, 2.45) is 11.7 Å². The monoisotopic (exact) mass is 284 g/mol. The van der Waals surface area contributed by atoms with E-state index in [1.54, 1.807) is 0 Å². The highest BCUT2D eigenvalue weighted by atomic mass is 16.1. The number of aromatic nitrogens is 1. The molecule has 0 aliphatic heterocycles. The zero-order valence-electron chi connectivity index (χ0n) is 13.0. The fourth-order valence-electron chi connectivity index (χ4n) is 2.43. The van der Waals surface area contributed by atoms with Gasteiger partial charge in [0.15, 0.2) is 0 Å². The summed E-state index contributed by atoms with van der Waals surface area (Å²) in [6.07, 6.45) is 0.991. The molecular formula is C18H24N2O. The van der Waals surface area contributed by atoms with Crippen molar-refractivity contribution in [3.8, 4) is 0 Å². The Labute approximate surface area is 126 Å². The van der Waals surface area contributed by atoms with E-state index in [1.165, 1.54) is 0 Å². The highest BCUT2D eigenvalue weighted by molar-refractivity contribution is 5.30. The van der Waals surface area contributed by atoms with E-state index >= 15 is 0 Å². The van der Waals surface area contributed by atoms with Crippen LogP contribution in [0.25, 0.3) is 0 Å². The lowest BCUT2D eigenvalue weighted by Crippen LogP contribution is -2.30. The van der Waals surface area contributed by atoms with Gasteiger partial charge in [-0.05, 0) is 37.0 Å². The highest BCUT2D eigenvalue weighted by Crippen LogP contribution is 2.17. The van der Waals surface area contributed by atoms with Crippen molar-refractivity contribution < 1.29 is 0 Å². The quantitative estimate of drug-likeness (QED) is 0.916. The average Bonchev–Trinajstić information content (AvgIpc) is 2.47. The minimum atomic E-state index is -0.371. The topological polar surface area (TPSA) is 48.0 Å². The lowest BCUT2D eigenvalue weighted by molar-refractivity contribution is 0.499. The number of benzene rings is 1. The van der Waals surface area contributed by atoms with E-state index in [4.69, 9.17) is 5.73 Å². The molecule has 112 valence electrons. The Morgan fingerprint density at radius 1 is 1.10 bits per heavy atom. The van der Waals surface area contributed by atoms with Crippen LogP contribution in [-0.4, -0.2) is 4.57 Å². The molecule has 0 fully saturated rings. The summed E-state index contributed by atoms with van der Waals surface area (Å²) in [5.41, 5.74) is 8.93. The minimum absolute atomic E-state index is 0.0343. The molecule has 0 spiro atoms. The molecule has 1 heterocycles. The van der Waals surface area contributed by atoms with Gasteiger partial charge in [-0.25, -0.2) is 0 Å². The van der Waals surface area contributed by atoms with Gasteiger partial charge >= 0.3 is 0 Å². The summed E-state index contributed by atoms with van der Waals surface area (Å²) in [6.45, 7) is 7.05. The van der Waals surface area contributed by atoms with Gasteiger partial charge in [0.1, 0.15) is 0 Å². The lowest BCUT2D eigenvalue weighted by Gasteiger charge is -2.17. The first kappa shape index (κ1) is 15.5. The molecule has 0 aliphatic rings. The molecule has 1 aromatic heterocycles. The number of hydrogen-bond donors (Lipinski definition) is 1. The van der Waals surface area contributed by atoms with Crippen molar-refractivity contribution >= 4 is 0 Å². The van der Waals surface area contributed by atoms with Crippen molar-refractivity contribution in [1.29, 1.82) is 0 Å². The number of hydrogen-bond acceptors (Lipinski definition) is 2. The van der Waals surface area contributed by atoms with Crippen molar-refractivity contribution in [2.45, 2.75) is 39.8 Å². The van der Waals surface area contributed by atoms with Crippen LogP contribution in [-0.2, 0) is 6.54 Å². The fourth-order valence-corrected chi connectivity index (χ4v) is 2.43. The van der Waals surface area contributed by atoms with E-state index in [0.717, 1.165) is 24.2 Å². The summed E-state index contributed by atoms with van der Waals surface area (Å²) in [5.74, 6) is 0.572. The molecule has 0 saturated heterocycles. The standard InChI is InChI=1S/C18H24N2O/c1-13(2)11-12-20-14(3)9-10-16(18(20)21)17(19)15-7-5-4-6-8-15/h4-10,13,17H,11-12,19H2,1-3H3. The fraction of sp³-hybridized carbons (Fsp3) is 0.389. The molecule has 21 heavy (non-hydrogen) atoms. The number of nitrogens with zero attached hydrogens (tertiary/aromatic N) is 1. The number of rotatable bonds is 5. The molecule has 2 N–H and O–H groups in total. The summed E-state index contributed by atoms with van der Waals surface area (Å²) >= 11 is 0. The van der Waals surface area contributed by atoms with E-state index in [-0.39, 0.29) is 11.6 Å². The van der Waals surface area contributed by atoms with Crippen LogP contribution in [0.3, 0.4) is 0 Å². The van der Waals surface area contributed by atoms with Gasteiger partial charge in [-0.1, -0.05) is 44.2 Å². The van der Waals surface area contributed by atoms with E-state index in [1.807, 2.05) is 54.0 Å². The van der Waals surface area contributed by atoms with Gasteiger partial charge in [0.05, 0.1) is 6.04 Å². The second kappa shape index (κ2) is 6.72. The maximum Gasteiger partial charge on any atom is 0.255 e. The van der Waals surface area contributed by atoms with Crippen molar-refractivity contribution in [3.05, 3.63) is 69.6 Å². The zero-order valence-corrected chi connectivity index (χ0v) is 13.0. The van der Waals surface area contributed by atoms with E-state index < -0.39 is 0 Å². The Kier molecular flexibility index (Phi) is 4.97. The summed E-state index contributed by atoms with van der Waals surface area (Å²) in [5, 5.41) is 0. The van der Waals surface area contributed by atoms with Crippen molar-refractivity contribution in [3.63, 3.8) is 0 Å². The van der Waals surface area contributed by atoms with Crippen molar-refractivity contribution in [2.75, 3.05) is 0 Å². The molecule has 0 aliphatic carbocycles. The molecule has 0 radical (unpaired) electrons. The van der Waals surface area contributed by atoms with E-state index in [2.05, 4.69) is 13.8 Å². The van der Waals surface area contributed by atoms with Crippen LogP contribution < -0.4 is 11.3 Å². The Bertz CT molecular complexity index is 644. The summed E-state index contributed by atoms with van der Waals surface area (Å²) in [7, 11) is 0. The van der Waals surface area contributed by atoms with Crippen LogP contribution in [0.1, 0.15) is 43.1 Å². The smallest absolute Gasteiger partial charge is 0.255 e. The van der Waals surface area contributed by atoms with Crippen LogP contribution in [0, 0.1) is 12.8 Å². The van der Waals surface area contributed by atoms with Crippen LogP contribution in [0.15, 0.2) is 47.3 Å². The minimum Gasteiger partial charge on any atom is -0.320 e. The van der Waals surface area contributed by atoms with Gasteiger partial charge in [0.2, 0.25) is 0 Å². The number of pyridine rings is 1. The van der Waals surface area contributed by atoms with Crippen LogP contribution in [0.4, 0.5) is 0 Å². The molecule has 0 bridgehead atoms. The van der Waals surface area contributed by atoms with E-state index in [9.17, 15) is 4.79 Å². The van der Waals surface area contributed by atoms with Crippen LogP contribution >= 0.6 is 0 Å². The van der Waals surface area contributed by atoms with Gasteiger partial charge in [0, 0.05) is 17.8 Å². The van der Waals surface area contributed by atoms with Gasteiger partial charge in [0.25, 0.3) is 5.56 Å². The molecule has 3 heteroatoms. The summed E-state index contributed by atoms with van der Waals surface area (Å²) in [4.78, 5) is 12.7. The highest BCUT2D eigenvalue weighted by Gasteiger charge is 2.15. The van der Waals surface area contributed by atoms with Gasteiger partial charge in [-0.15, -0.1) is 0 Å². The first-order valence-electron chi connectivity index (χ1n) is 7.51. The van der Waals surface area contributed by atoms with E-state index in [0.29, 0.717) is 11.5 Å². The Balaban J connectivity index is 2.37. The molecule has 0 amide bonds. The van der Waals surface area contributed by atoms with Crippen LogP contribution in [0.2, 0.25) is 0 Å². The SMILES string of the molecule is Cc1ccc(C(N)c2ccccc2)c(=O)n1CCC(C)C. The first-order chi connectivity index (χ1) is 10.0.